The van der Waals surface area contributed by atoms with Crippen LogP contribution in [0.4, 0.5) is 5.69 Å². The van der Waals surface area contributed by atoms with E-state index in [4.69, 9.17) is 29.4 Å². The van der Waals surface area contributed by atoms with Crippen LogP contribution >= 0.6 is 0 Å². The normalized spacial score (nSPS) is 11.3. The van der Waals surface area contributed by atoms with Gasteiger partial charge in [0.2, 0.25) is 23.6 Å². The highest BCUT2D eigenvalue weighted by atomic mass is 16.6. The van der Waals surface area contributed by atoms with Crippen LogP contribution in [-0.4, -0.2) is 126 Å². The molecule has 286 valence electrons. The van der Waals surface area contributed by atoms with Gasteiger partial charge in [-0.2, -0.15) is 0 Å². The van der Waals surface area contributed by atoms with Crippen LogP contribution in [0.1, 0.15) is 50.0 Å². The van der Waals surface area contributed by atoms with Gasteiger partial charge in [0.05, 0.1) is 59.3 Å². The number of carbonyl (C=O) groups excluding carboxylic acids is 7. The van der Waals surface area contributed by atoms with Gasteiger partial charge in [0.25, 0.3) is 5.91 Å². The number of amides is 5. The van der Waals surface area contributed by atoms with Crippen LogP contribution < -0.4 is 32.3 Å². The maximum absolute atomic E-state index is 12.8. The molecular weight excluding hydrogens is 672 g/mol. The van der Waals surface area contributed by atoms with Gasteiger partial charge in [0.1, 0.15) is 25.0 Å². The van der Waals surface area contributed by atoms with Gasteiger partial charge in [-0.1, -0.05) is 19.9 Å². The third kappa shape index (κ3) is 21.4. The predicted octanol–water partition coefficient (Wildman–Crippen LogP) is -1.20. The van der Waals surface area contributed by atoms with E-state index in [0.29, 0.717) is 45.0 Å². The molecule has 0 heterocycles. The molecule has 0 aliphatic carbocycles. The van der Waals surface area contributed by atoms with Crippen molar-refractivity contribution in [2.45, 2.75) is 46.8 Å². The van der Waals surface area contributed by atoms with E-state index in [1.807, 2.05) is 0 Å². The second-order valence-corrected chi connectivity index (χ2v) is 11.4. The quantitative estimate of drug-likeness (QED) is 0.0461. The molecule has 1 aromatic rings. The smallest absolute Gasteiger partial charge is 0.302 e. The predicted molar refractivity (Wildman–Crippen MR) is 183 cm³/mol. The van der Waals surface area contributed by atoms with Crippen molar-refractivity contribution in [2.24, 2.45) is 11.7 Å². The second-order valence-electron chi connectivity index (χ2n) is 11.4. The first-order valence-electron chi connectivity index (χ1n) is 16.5. The van der Waals surface area contributed by atoms with Crippen molar-refractivity contribution in [3.8, 4) is 0 Å². The molecule has 0 spiro atoms. The first-order valence-corrected chi connectivity index (χ1v) is 16.5. The summed E-state index contributed by atoms with van der Waals surface area (Å²) in [6.07, 6.45) is 0.375. The lowest BCUT2D eigenvalue weighted by atomic mass is 10.0. The molecule has 1 aromatic carbocycles. The highest BCUT2D eigenvalue weighted by Crippen LogP contribution is 2.17. The van der Waals surface area contributed by atoms with Gasteiger partial charge in [-0.25, -0.2) is 0 Å². The zero-order valence-corrected chi connectivity index (χ0v) is 29.8. The van der Waals surface area contributed by atoms with E-state index in [9.17, 15) is 33.6 Å². The van der Waals surface area contributed by atoms with E-state index in [1.165, 1.54) is 32.0 Å². The topological polar surface area (TPSA) is 252 Å². The molecule has 0 fully saturated rings. The fourth-order valence-electron chi connectivity index (χ4n) is 3.96. The molecule has 1 rings (SSSR count). The van der Waals surface area contributed by atoms with E-state index in [1.54, 1.807) is 13.8 Å². The Hall–Kier alpha value is -4.49. The summed E-state index contributed by atoms with van der Waals surface area (Å²) in [7, 11) is 0. The summed E-state index contributed by atoms with van der Waals surface area (Å²) in [4.78, 5) is 84.7. The number of benzene rings is 1. The largest absolute Gasteiger partial charge is 0.461 e. The number of hydrogen-bond acceptors (Lipinski definition) is 13. The first-order chi connectivity index (χ1) is 24.3. The number of esters is 1. The van der Waals surface area contributed by atoms with Crippen molar-refractivity contribution in [1.29, 1.82) is 0 Å². The Labute approximate surface area is 297 Å². The highest BCUT2D eigenvalue weighted by Gasteiger charge is 2.25. The van der Waals surface area contributed by atoms with Gasteiger partial charge in [0, 0.05) is 43.2 Å². The Morgan fingerprint density at radius 2 is 1.35 bits per heavy atom. The van der Waals surface area contributed by atoms with Crippen LogP contribution in [0.3, 0.4) is 0 Å². The maximum atomic E-state index is 12.8. The summed E-state index contributed by atoms with van der Waals surface area (Å²) < 4.78 is 26.2. The molecule has 0 aliphatic heterocycles. The number of Topliss-reactive ketones (excluding diaryl/α,β-unsaturated/α-hetero) is 1. The fourth-order valence-corrected chi connectivity index (χ4v) is 3.96. The lowest BCUT2D eigenvalue weighted by Crippen LogP contribution is -2.53. The van der Waals surface area contributed by atoms with Crippen molar-refractivity contribution < 1.29 is 57.2 Å². The molecule has 0 bridgehead atoms. The van der Waals surface area contributed by atoms with Gasteiger partial charge in [-0.3, -0.25) is 33.6 Å². The number of ketones is 1. The monoisotopic (exact) mass is 724 g/mol. The van der Waals surface area contributed by atoms with E-state index >= 15 is 0 Å². The summed E-state index contributed by atoms with van der Waals surface area (Å²) in [6, 6.07) is 3.45. The SMILES string of the molecule is CC(=O)CCOCCOCCOCCOCC(=O)NCC(=O)NC(C(=O)NCC(=O)Nc1ccc(COC(C)=O)c(C(=O)NCCN)c1)C(C)C. The van der Waals surface area contributed by atoms with Crippen molar-refractivity contribution in [3.05, 3.63) is 29.3 Å². The summed E-state index contributed by atoms with van der Waals surface area (Å²) in [5, 5.41) is 12.6. The molecule has 0 saturated heterocycles. The van der Waals surface area contributed by atoms with E-state index in [0.717, 1.165) is 0 Å². The summed E-state index contributed by atoms with van der Waals surface area (Å²) >= 11 is 0. The van der Waals surface area contributed by atoms with Gasteiger partial charge >= 0.3 is 5.97 Å². The van der Waals surface area contributed by atoms with Crippen LogP contribution in [0.2, 0.25) is 0 Å². The standard InChI is InChI=1S/C33H52N6O12/c1-22(2)31(39-29(43)18-36-30(44)21-50-16-15-49-14-13-48-12-11-47-10-7-23(3)40)33(46)37-19-28(42)38-26-6-5-25(20-51-24(4)41)27(17-26)32(45)35-9-8-34/h5-6,17,22,31H,7-16,18-21,34H2,1-4H3,(H,35,45)(H,36,44)(H,37,46)(H,38,42)(H,39,43). The Morgan fingerprint density at radius 3 is 1.94 bits per heavy atom. The van der Waals surface area contributed by atoms with Crippen LogP contribution in [0, 0.1) is 5.92 Å². The molecule has 18 heteroatoms. The maximum Gasteiger partial charge on any atom is 0.302 e. The van der Waals surface area contributed by atoms with Gasteiger partial charge in [-0.15, -0.1) is 0 Å². The molecule has 0 saturated carbocycles. The van der Waals surface area contributed by atoms with Gasteiger partial charge in [0.15, 0.2) is 0 Å². The van der Waals surface area contributed by atoms with E-state index < -0.39 is 54.6 Å². The summed E-state index contributed by atoms with van der Waals surface area (Å²) in [5.41, 5.74) is 6.29. The minimum atomic E-state index is -1.00. The van der Waals surface area contributed by atoms with E-state index in [2.05, 4.69) is 26.6 Å². The molecule has 1 atom stereocenters. The van der Waals surface area contributed by atoms with Crippen molar-refractivity contribution >= 4 is 47.0 Å². The molecule has 1 unspecified atom stereocenters. The Kier molecular flexibility index (Phi) is 23.0. The third-order valence-electron chi connectivity index (χ3n) is 6.58. The number of hydrogen-bond donors (Lipinski definition) is 6. The average molecular weight is 725 g/mol. The lowest BCUT2D eigenvalue weighted by Gasteiger charge is -2.21. The fraction of sp³-hybridized carbons (Fsp3) is 0.606. The second kappa shape index (κ2) is 26.3. The number of carbonyl (C=O) groups is 7. The number of nitrogens with two attached hydrogens (primary N) is 1. The summed E-state index contributed by atoms with van der Waals surface area (Å²) in [5.74, 6) is -3.68. The third-order valence-corrected chi connectivity index (χ3v) is 6.58. The van der Waals surface area contributed by atoms with Crippen LogP contribution in [-0.2, 0) is 59.1 Å². The Bertz CT molecular complexity index is 1290. The molecule has 5 amide bonds. The minimum Gasteiger partial charge on any atom is -0.461 e. The molecular formula is C33H52N6O12. The molecule has 18 nitrogen and oxygen atoms in total. The number of anilines is 1. The molecule has 0 aliphatic rings. The number of ether oxygens (including phenoxy) is 5. The average Bonchev–Trinajstić information content (AvgIpc) is 3.08. The summed E-state index contributed by atoms with van der Waals surface area (Å²) in [6.45, 7) is 7.44. The zero-order chi connectivity index (χ0) is 38.0. The highest BCUT2D eigenvalue weighted by molar-refractivity contribution is 6.00. The van der Waals surface area contributed by atoms with Gasteiger partial charge in [-0.05, 0) is 25.0 Å². The molecule has 0 aromatic heterocycles. The molecule has 7 N–H and O–H groups in total. The minimum absolute atomic E-state index is 0.0687. The van der Waals surface area contributed by atoms with Crippen LogP contribution in [0.5, 0.6) is 0 Å². The van der Waals surface area contributed by atoms with Crippen LogP contribution in [0.15, 0.2) is 18.2 Å². The zero-order valence-electron chi connectivity index (χ0n) is 29.8. The lowest BCUT2D eigenvalue weighted by molar-refractivity contribution is -0.142. The molecule has 51 heavy (non-hydrogen) atoms. The molecule has 0 radical (unpaired) electrons. The Balaban J connectivity index is 2.40. The van der Waals surface area contributed by atoms with Crippen molar-refractivity contribution in [3.63, 3.8) is 0 Å². The van der Waals surface area contributed by atoms with E-state index in [-0.39, 0.29) is 62.5 Å². The number of nitrogens with one attached hydrogen (secondary N) is 5. The van der Waals surface area contributed by atoms with Crippen molar-refractivity contribution in [2.75, 3.05) is 84.4 Å². The Morgan fingerprint density at radius 1 is 0.745 bits per heavy atom. The van der Waals surface area contributed by atoms with Crippen LogP contribution in [0.25, 0.3) is 0 Å². The van der Waals surface area contributed by atoms with Gasteiger partial charge < -0.3 is 56.0 Å². The number of rotatable bonds is 27. The van der Waals surface area contributed by atoms with Crippen molar-refractivity contribution in [1.82, 2.24) is 21.3 Å². The first kappa shape index (κ1) is 44.5.